The van der Waals surface area contributed by atoms with Crippen molar-refractivity contribution in [1.82, 2.24) is 0 Å². The zero-order valence-electron chi connectivity index (χ0n) is 65.5. The number of carbonyl (C=O) groups excluding carboxylic acids is 8. The standard InChI is InChI=1S/C14H12O4S.C13H14O5S.C12H14O4S.2C11H12O4S.C10H9FO4S.C5H8O4S.C3H4O2S/c1-18-14(15)8-9-19(16,17)13-7-6-11-4-2-3-5-12(11)10-13;1-10(14)9-11-3-5-12(6-4-11)19(16,17)8-7-13(15)18-2;1-3-16-12(13)8-9-17(14,15)11-6-4-10(2)5-7-11;1-9-3-5-10(6-4-9)16(13,14)8-7-11(12)15-2;1-2-15-11(12)8-9-16(13,14)10-6-4-3-5-7-10;1-15-10(12)6-7-16(13,14)9-4-2-8(11)3-5-9;1-9-5(6)3-4-10(2,7)8;4-6(5)2-1-3-6/h2-10H,1H3;3-8H,9H2,1-2H3;4-9H,3H2,1-2H3;3-8H,1-2H3;3-9H,2H2,1H3;2-7H,1H3;3-4H,1-2H3;1-2H,3H2/b9-8+;8-7+;9-8+;8-7+;9-8+;7-6-;4-3+;. The van der Waals surface area contributed by atoms with Gasteiger partial charge in [0.15, 0.2) is 78.7 Å². The van der Waals surface area contributed by atoms with Gasteiger partial charge >= 0.3 is 41.8 Å². The molecule has 0 bridgehead atoms. The summed E-state index contributed by atoms with van der Waals surface area (Å²) in [6, 6.07) is 43.1. The average Bonchev–Trinajstić information content (AvgIpc) is 0.824. The topological polar surface area (TPSA) is 474 Å². The summed E-state index contributed by atoms with van der Waals surface area (Å²) in [5, 5.41) is 8.69. The van der Waals surface area contributed by atoms with Gasteiger partial charge in [0, 0.05) is 98.5 Å². The third-order valence-electron chi connectivity index (χ3n) is 13.6. The Kier molecular flexibility index (Phi) is 45.5. The number of esters is 7. The summed E-state index contributed by atoms with van der Waals surface area (Å²) in [4.78, 5) is 87.0. The number of aryl methyl sites for hydroxylation is 2. The molecule has 0 saturated heterocycles. The molecule has 0 atom stereocenters. The van der Waals surface area contributed by atoms with E-state index in [2.05, 4.69) is 33.2 Å². The monoisotopic (exact) mass is 1800 g/mol. The molecule has 0 fully saturated rings. The van der Waals surface area contributed by atoms with Crippen LogP contribution in [0.15, 0.2) is 291 Å². The number of hydrogen-bond acceptors (Lipinski definition) is 31. The molecule has 119 heavy (non-hydrogen) atoms. The highest BCUT2D eigenvalue weighted by atomic mass is 32.2. The Hall–Kier alpha value is -11.8. The van der Waals surface area contributed by atoms with Crippen molar-refractivity contribution in [3.05, 3.63) is 284 Å². The molecule has 0 spiro atoms. The molecule has 642 valence electrons. The van der Waals surface area contributed by atoms with Crippen molar-refractivity contribution in [2.75, 3.05) is 60.8 Å². The highest BCUT2D eigenvalue weighted by Gasteiger charge is 2.17. The van der Waals surface area contributed by atoms with Crippen LogP contribution in [0.3, 0.4) is 0 Å². The van der Waals surface area contributed by atoms with Gasteiger partial charge in [0.25, 0.3) is 0 Å². The van der Waals surface area contributed by atoms with Gasteiger partial charge in [-0.3, -0.25) is 4.79 Å². The third-order valence-corrected chi connectivity index (χ3v) is 24.0. The normalized spacial score (nSPS) is 12.4. The van der Waals surface area contributed by atoms with E-state index in [0.717, 1.165) is 147 Å². The number of halogens is 1. The Labute approximate surface area is 690 Å². The largest absolute Gasteiger partial charge is 0.466 e. The van der Waals surface area contributed by atoms with Crippen LogP contribution in [0.1, 0.15) is 37.5 Å². The number of ether oxygens (including phenoxy) is 7. The molecule has 0 amide bonds. The molecule has 40 heteroatoms. The van der Waals surface area contributed by atoms with Gasteiger partial charge in [-0.15, -0.1) is 0 Å². The van der Waals surface area contributed by atoms with E-state index in [1.807, 2.05) is 38.1 Å². The summed E-state index contributed by atoms with van der Waals surface area (Å²) in [5.74, 6) is -5.21. The van der Waals surface area contributed by atoms with Crippen molar-refractivity contribution < 1.29 is 143 Å². The summed E-state index contributed by atoms with van der Waals surface area (Å²) >= 11 is 0. The molecule has 0 aromatic heterocycles. The van der Waals surface area contributed by atoms with Gasteiger partial charge in [0.2, 0.25) is 0 Å². The van der Waals surface area contributed by atoms with E-state index in [1.54, 1.807) is 86.7 Å². The van der Waals surface area contributed by atoms with E-state index in [1.165, 1.54) is 88.3 Å². The maximum atomic E-state index is 12.6. The zero-order chi connectivity index (χ0) is 90.4. The van der Waals surface area contributed by atoms with Gasteiger partial charge in [0.05, 0.1) is 83.9 Å². The molecular weight excluding hydrogens is 1720 g/mol. The second-order valence-corrected chi connectivity index (χ2v) is 37.8. The predicted molar refractivity (Wildman–Crippen MR) is 438 cm³/mol. The summed E-state index contributed by atoms with van der Waals surface area (Å²) in [6.07, 6.45) is 8.97. The van der Waals surface area contributed by atoms with Crippen LogP contribution in [-0.4, -0.2) is 176 Å². The number of hydrogen-bond donors (Lipinski definition) is 0. The summed E-state index contributed by atoms with van der Waals surface area (Å²) in [6.45, 7) is 8.93. The number of Topliss-reactive ketones (excluding diaryl/α,β-unsaturated/α-hetero) is 1. The second-order valence-electron chi connectivity index (χ2n) is 23.0. The first-order valence-corrected chi connectivity index (χ1v) is 46.5. The first kappa shape index (κ1) is 105. The molecule has 8 rings (SSSR count). The molecule has 1 heterocycles. The minimum atomic E-state index is -3.73. The Morgan fingerprint density at radius 1 is 0.361 bits per heavy atom. The minimum Gasteiger partial charge on any atom is -0.466 e. The molecule has 1 aliphatic heterocycles. The van der Waals surface area contributed by atoms with Crippen molar-refractivity contribution in [1.29, 1.82) is 0 Å². The number of carbonyl (C=O) groups is 8. The lowest BCUT2D eigenvalue weighted by Crippen LogP contribution is -2.07. The lowest BCUT2D eigenvalue weighted by molar-refractivity contribution is -0.138. The van der Waals surface area contributed by atoms with E-state index in [-0.39, 0.29) is 60.5 Å². The molecule has 0 unspecified atom stereocenters. The van der Waals surface area contributed by atoms with Gasteiger partial charge in [-0.1, -0.05) is 102 Å². The highest BCUT2D eigenvalue weighted by molar-refractivity contribution is 7.96. The predicted octanol–water partition coefficient (Wildman–Crippen LogP) is 9.35. The fourth-order valence-corrected chi connectivity index (χ4v) is 14.3. The van der Waals surface area contributed by atoms with Crippen LogP contribution in [0.2, 0.25) is 0 Å². The fraction of sp³-hybridized carbons (Fsp3) is 0.190. The Morgan fingerprint density at radius 2 is 0.622 bits per heavy atom. The number of methoxy groups -OCH3 is 5. The fourth-order valence-electron chi connectivity index (χ4n) is 7.61. The molecule has 0 radical (unpaired) electrons. The molecule has 0 saturated carbocycles. The van der Waals surface area contributed by atoms with Gasteiger partial charge in [-0.2, -0.15) is 0 Å². The van der Waals surface area contributed by atoms with E-state index in [0.29, 0.717) is 5.41 Å². The third kappa shape index (κ3) is 43.8. The van der Waals surface area contributed by atoms with Crippen LogP contribution in [0.5, 0.6) is 0 Å². The average molecular weight is 1810 g/mol. The van der Waals surface area contributed by atoms with Crippen molar-refractivity contribution in [3.63, 3.8) is 0 Å². The lowest BCUT2D eigenvalue weighted by atomic mass is 10.1. The van der Waals surface area contributed by atoms with E-state index >= 15 is 0 Å². The van der Waals surface area contributed by atoms with Gasteiger partial charge < -0.3 is 33.2 Å². The van der Waals surface area contributed by atoms with Crippen LogP contribution < -0.4 is 0 Å². The zero-order valence-corrected chi connectivity index (χ0v) is 72.1. The summed E-state index contributed by atoms with van der Waals surface area (Å²) in [5.41, 5.74) is 2.68. The van der Waals surface area contributed by atoms with E-state index in [9.17, 15) is 110 Å². The maximum Gasteiger partial charge on any atom is 0.331 e. The molecule has 7 aromatic carbocycles. The molecule has 1 aliphatic rings. The van der Waals surface area contributed by atoms with Gasteiger partial charge in [-0.25, -0.2) is 105 Å². The Balaban J connectivity index is 0.000000689. The molecule has 7 aromatic rings. The van der Waals surface area contributed by atoms with Crippen LogP contribution in [-0.2, 0) is 157 Å². The van der Waals surface area contributed by atoms with E-state index in [4.69, 9.17) is 0 Å². The van der Waals surface area contributed by atoms with Crippen molar-refractivity contribution in [2.45, 2.75) is 70.4 Å². The molecular formula is C79H85FO31S8. The van der Waals surface area contributed by atoms with Crippen molar-refractivity contribution in [2.24, 2.45) is 0 Å². The van der Waals surface area contributed by atoms with Gasteiger partial charge in [0.1, 0.15) is 11.6 Å². The molecule has 0 N–H and O–H groups in total. The number of rotatable bonds is 24. The SMILES string of the molecule is CCOC(=O)/C=C/S(=O)(=O)c1ccc(C)cc1.CCOC(=O)/C=C/S(=O)(=O)c1ccccc1.COC(=O)/C=C/S(=O)(=O)c1ccc(C)cc1.COC(=O)/C=C/S(=O)(=O)c1ccc(CC(C)=O)cc1.COC(=O)/C=C/S(=O)(=O)c1ccc2ccccc2c1.COC(=O)/C=C/S(C)(=O)=O.COC(=O)/C=C\S(=O)(=O)c1ccc(F)cc1.O=S1(=O)C=CC1. The first-order valence-electron chi connectivity index (χ1n) is 33.6. The van der Waals surface area contributed by atoms with Crippen molar-refractivity contribution >= 4 is 137 Å². The van der Waals surface area contributed by atoms with Crippen LogP contribution in [0, 0.1) is 19.7 Å². The smallest absolute Gasteiger partial charge is 0.331 e. The van der Waals surface area contributed by atoms with Crippen LogP contribution in [0.25, 0.3) is 10.8 Å². The van der Waals surface area contributed by atoms with Gasteiger partial charge in [-0.05, 0) is 136 Å². The first-order chi connectivity index (χ1) is 55.5. The quantitative estimate of drug-likeness (QED) is 0.0235. The van der Waals surface area contributed by atoms with Crippen LogP contribution in [0.4, 0.5) is 4.39 Å². The highest BCUT2D eigenvalue weighted by Crippen LogP contribution is 2.22. The van der Waals surface area contributed by atoms with Crippen molar-refractivity contribution in [3.8, 4) is 0 Å². The second kappa shape index (κ2) is 51.4. The number of ketones is 1. The lowest BCUT2D eigenvalue weighted by Gasteiger charge is -2.02. The summed E-state index contributed by atoms with van der Waals surface area (Å²) < 4.78 is 225. The molecule has 31 nitrogen and oxygen atoms in total. The number of sulfone groups is 8. The summed E-state index contributed by atoms with van der Waals surface area (Å²) in [7, 11) is -21.8. The Bertz CT molecular complexity index is 5760. The number of benzene rings is 7. The molecule has 0 aliphatic carbocycles. The number of fused-ring (bicyclic) bond motifs is 1. The maximum absolute atomic E-state index is 12.6. The van der Waals surface area contributed by atoms with E-state index < -0.39 is 126 Å². The minimum absolute atomic E-state index is 0.00111. The van der Waals surface area contributed by atoms with Crippen LogP contribution >= 0.6 is 0 Å². The Morgan fingerprint density at radius 3 is 0.908 bits per heavy atom.